The van der Waals surface area contributed by atoms with Crippen molar-refractivity contribution in [2.45, 2.75) is 12.5 Å². The molecule has 0 aliphatic rings. The molecule has 0 radical (unpaired) electrons. The summed E-state index contributed by atoms with van der Waals surface area (Å²) >= 11 is 5.81. The number of hydrazine groups is 1. The van der Waals surface area contributed by atoms with E-state index in [9.17, 15) is 0 Å². The van der Waals surface area contributed by atoms with E-state index in [2.05, 4.69) is 17.0 Å². The molecular formula is C9H13ClN4. The molecule has 0 bridgehead atoms. The van der Waals surface area contributed by atoms with Crippen LogP contribution in [-0.4, -0.2) is 4.98 Å². The molecule has 0 aliphatic carbocycles. The van der Waals surface area contributed by atoms with Gasteiger partial charge in [-0.05, 0) is 12.5 Å². The van der Waals surface area contributed by atoms with Crippen molar-refractivity contribution in [1.29, 1.82) is 0 Å². The van der Waals surface area contributed by atoms with E-state index < -0.39 is 0 Å². The summed E-state index contributed by atoms with van der Waals surface area (Å²) in [6, 6.07) is 1.65. The summed E-state index contributed by atoms with van der Waals surface area (Å²) in [5.74, 6) is 5.82. The molecule has 0 spiro atoms. The normalized spacial score (nSPS) is 12.4. The van der Waals surface area contributed by atoms with E-state index in [-0.39, 0.29) is 6.04 Å². The quantitative estimate of drug-likeness (QED) is 0.401. The van der Waals surface area contributed by atoms with Crippen LogP contribution in [0.2, 0.25) is 5.02 Å². The van der Waals surface area contributed by atoms with Crippen molar-refractivity contribution in [3.8, 4) is 0 Å². The van der Waals surface area contributed by atoms with E-state index >= 15 is 0 Å². The molecule has 5 heteroatoms. The summed E-state index contributed by atoms with van der Waals surface area (Å²) in [5.41, 5.74) is 9.13. The molecule has 76 valence electrons. The molecule has 0 aliphatic heterocycles. The number of aromatic nitrogens is 1. The fourth-order valence-corrected chi connectivity index (χ4v) is 1.36. The monoisotopic (exact) mass is 212 g/mol. The molecule has 1 aromatic heterocycles. The number of hydrogen-bond acceptors (Lipinski definition) is 4. The second kappa shape index (κ2) is 4.95. The van der Waals surface area contributed by atoms with E-state index in [1.165, 1.54) is 6.20 Å². The van der Waals surface area contributed by atoms with Gasteiger partial charge in [-0.2, -0.15) is 0 Å². The third kappa shape index (κ3) is 2.45. The molecule has 0 aromatic carbocycles. The van der Waals surface area contributed by atoms with Crippen LogP contribution >= 0.6 is 11.6 Å². The van der Waals surface area contributed by atoms with Gasteiger partial charge in [-0.3, -0.25) is 11.3 Å². The zero-order valence-corrected chi connectivity index (χ0v) is 8.46. The molecule has 0 fully saturated rings. The van der Waals surface area contributed by atoms with Crippen molar-refractivity contribution >= 4 is 17.4 Å². The highest BCUT2D eigenvalue weighted by Crippen LogP contribution is 2.23. The first-order chi connectivity index (χ1) is 6.69. The summed E-state index contributed by atoms with van der Waals surface area (Å²) in [5, 5.41) is 0.540. The van der Waals surface area contributed by atoms with Gasteiger partial charge < -0.3 is 5.73 Å². The minimum absolute atomic E-state index is 0.0984. The van der Waals surface area contributed by atoms with Gasteiger partial charge in [0, 0.05) is 11.8 Å². The van der Waals surface area contributed by atoms with Crippen molar-refractivity contribution in [3.05, 3.63) is 35.5 Å². The summed E-state index contributed by atoms with van der Waals surface area (Å²) in [6.07, 6.45) is 3.93. The van der Waals surface area contributed by atoms with Gasteiger partial charge in [0.05, 0.1) is 11.1 Å². The number of nitrogens with zero attached hydrogens (tertiary/aromatic N) is 1. The number of hydrogen-bond donors (Lipinski definition) is 3. The van der Waals surface area contributed by atoms with Gasteiger partial charge >= 0.3 is 0 Å². The highest BCUT2D eigenvalue weighted by atomic mass is 35.5. The molecule has 14 heavy (non-hydrogen) atoms. The highest BCUT2D eigenvalue weighted by molar-refractivity contribution is 6.30. The Labute approximate surface area is 87.9 Å². The minimum atomic E-state index is -0.0984. The fraction of sp³-hybridized carbons (Fsp3) is 0.222. The standard InChI is InChI=1S/C9H13ClN4/c1-2-3-8(14-12)7-4-6(10)5-13-9(7)11/h2,4-5,8,14H,1,3,12H2,(H2,11,13). The van der Waals surface area contributed by atoms with Crippen LogP contribution in [0.4, 0.5) is 5.82 Å². The molecule has 4 nitrogen and oxygen atoms in total. The lowest BCUT2D eigenvalue weighted by molar-refractivity contribution is 0.562. The summed E-state index contributed by atoms with van der Waals surface area (Å²) in [4.78, 5) is 3.95. The van der Waals surface area contributed by atoms with Gasteiger partial charge in [-0.25, -0.2) is 4.98 Å². The Kier molecular flexibility index (Phi) is 3.88. The molecule has 1 unspecified atom stereocenters. The Hall–Kier alpha value is -1.10. The number of nitrogen functional groups attached to an aromatic ring is 1. The smallest absolute Gasteiger partial charge is 0.128 e. The van der Waals surface area contributed by atoms with Gasteiger partial charge in [-0.15, -0.1) is 6.58 Å². The SMILES string of the molecule is C=CCC(NN)c1cc(Cl)cnc1N. The number of halogens is 1. The van der Waals surface area contributed by atoms with Crippen LogP contribution in [0.5, 0.6) is 0 Å². The number of rotatable bonds is 4. The zero-order valence-electron chi connectivity index (χ0n) is 7.70. The third-order valence-electron chi connectivity index (χ3n) is 1.90. The van der Waals surface area contributed by atoms with E-state index in [1.807, 2.05) is 0 Å². The van der Waals surface area contributed by atoms with Crippen LogP contribution in [0.25, 0.3) is 0 Å². The summed E-state index contributed by atoms with van der Waals surface area (Å²) < 4.78 is 0. The first kappa shape index (κ1) is 11.0. The highest BCUT2D eigenvalue weighted by Gasteiger charge is 2.12. The third-order valence-corrected chi connectivity index (χ3v) is 2.10. The van der Waals surface area contributed by atoms with Crippen LogP contribution in [0, 0.1) is 0 Å². The second-order valence-corrected chi connectivity index (χ2v) is 3.31. The molecule has 1 heterocycles. The summed E-state index contributed by atoms with van der Waals surface area (Å²) in [7, 11) is 0. The molecule has 1 aromatic rings. The predicted octanol–water partition coefficient (Wildman–Crippen LogP) is 1.40. The Balaban J connectivity index is 3.01. The number of nitrogens with two attached hydrogens (primary N) is 2. The van der Waals surface area contributed by atoms with Crippen LogP contribution in [0.15, 0.2) is 24.9 Å². The Morgan fingerprint density at radius 3 is 3.00 bits per heavy atom. The van der Waals surface area contributed by atoms with E-state index in [0.29, 0.717) is 17.3 Å². The maximum atomic E-state index is 5.81. The van der Waals surface area contributed by atoms with Crippen molar-refractivity contribution < 1.29 is 0 Å². The molecular weight excluding hydrogens is 200 g/mol. The maximum Gasteiger partial charge on any atom is 0.128 e. The first-order valence-electron chi connectivity index (χ1n) is 4.17. The van der Waals surface area contributed by atoms with Crippen LogP contribution in [-0.2, 0) is 0 Å². The number of anilines is 1. The zero-order chi connectivity index (χ0) is 10.6. The largest absolute Gasteiger partial charge is 0.383 e. The van der Waals surface area contributed by atoms with Crippen LogP contribution in [0.3, 0.4) is 0 Å². The lowest BCUT2D eigenvalue weighted by atomic mass is 10.1. The lowest BCUT2D eigenvalue weighted by Gasteiger charge is -2.15. The number of pyridine rings is 1. The second-order valence-electron chi connectivity index (χ2n) is 2.87. The molecule has 1 atom stereocenters. The molecule has 0 amide bonds. The van der Waals surface area contributed by atoms with Crippen molar-refractivity contribution in [1.82, 2.24) is 10.4 Å². The van der Waals surface area contributed by atoms with Crippen molar-refractivity contribution in [2.75, 3.05) is 5.73 Å². The van der Waals surface area contributed by atoms with E-state index in [0.717, 1.165) is 5.56 Å². The van der Waals surface area contributed by atoms with Gasteiger partial charge in [0.1, 0.15) is 5.82 Å². The Morgan fingerprint density at radius 1 is 1.71 bits per heavy atom. The Morgan fingerprint density at radius 2 is 2.43 bits per heavy atom. The Bertz CT molecular complexity index is 327. The average molecular weight is 213 g/mol. The van der Waals surface area contributed by atoms with Gasteiger partial charge in [0.15, 0.2) is 0 Å². The molecule has 1 rings (SSSR count). The fourth-order valence-electron chi connectivity index (χ4n) is 1.20. The molecule has 0 saturated carbocycles. The van der Waals surface area contributed by atoms with E-state index in [1.54, 1.807) is 12.1 Å². The lowest BCUT2D eigenvalue weighted by Crippen LogP contribution is -2.28. The topological polar surface area (TPSA) is 77.0 Å². The van der Waals surface area contributed by atoms with Crippen molar-refractivity contribution in [3.63, 3.8) is 0 Å². The summed E-state index contributed by atoms with van der Waals surface area (Å²) in [6.45, 7) is 3.64. The van der Waals surface area contributed by atoms with Crippen LogP contribution < -0.4 is 17.0 Å². The first-order valence-corrected chi connectivity index (χ1v) is 4.54. The van der Waals surface area contributed by atoms with E-state index in [4.69, 9.17) is 23.2 Å². The maximum absolute atomic E-state index is 5.81. The molecule has 0 saturated heterocycles. The van der Waals surface area contributed by atoms with Gasteiger partial charge in [-0.1, -0.05) is 17.7 Å². The van der Waals surface area contributed by atoms with Gasteiger partial charge in [0.25, 0.3) is 0 Å². The molecule has 5 N–H and O–H groups in total. The van der Waals surface area contributed by atoms with Gasteiger partial charge in [0.2, 0.25) is 0 Å². The van der Waals surface area contributed by atoms with Crippen molar-refractivity contribution in [2.24, 2.45) is 5.84 Å². The average Bonchev–Trinajstić information content (AvgIpc) is 2.18. The number of nitrogens with one attached hydrogen (secondary N) is 1. The van der Waals surface area contributed by atoms with Crippen LogP contribution in [0.1, 0.15) is 18.0 Å². The minimum Gasteiger partial charge on any atom is -0.383 e. The predicted molar refractivity (Wildman–Crippen MR) is 58.5 cm³/mol.